The fourth-order valence-corrected chi connectivity index (χ4v) is 2.43. The highest BCUT2D eigenvalue weighted by Gasteiger charge is 2.17. The van der Waals surface area contributed by atoms with Gasteiger partial charge in [-0.1, -0.05) is 37.6 Å². The Morgan fingerprint density at radius 2 is 2.11 bits per heavy atom. The van der Waals surface area contributed by atoms with Gasteiger partial charge >= 0.3 is 0 Å². The fraction of sp³-hybridized carbons (Fsp3) is 0.400. The smallest absolute Gasteiger partial charge is 0.0954 e. The van der Waals surface area contributed by atoms with E-state index in [0.717, 1.165) is 21.8 Å². The van der Waals surface area contributed by atoms with Crippen LogP contribution in [0.5, 0.6) is 0 Å². The van der Waals surface area contributed by atoms with Gasteiger partial charge in [-0.15, -0.1) is 0 Å². The highest BCUT2D eigenvalue weighted by molar-refractivity contribution is 6.31. The van der Waals surface area contributed by atoms with Crippen LogP contribution in [0.25, 0.3) is 11.3 Å². The number of nitrogens with two attached hydrogens (primary N) is 1. The molecule has 2 N–H and O–H groups in total. The number of imidazole rings is 1. The van der Waals surface area contributed by atoms with E-state index in [0.29, 0.717) is 12.5 Å². The van der Waals surface area contributed by atoms with E-state index in [2.05, 4.69) is 29.5 Å². The van der Waals surface area contributed by atoms with Crippen molar-refractivity contribution in [3.63, 3.8) is 0 Å². The van der Waals surface area contributed by atoms with Gasteiger partial charge in [-0.05, 0) is 24.5 Å². The Labute approximate surface area is 119 Å². The lowest BCUT2D eigenvalue weighted by Gasteiger charge is -2.23. The van der Waals surface area contributed by atoms with Crippen molar-refractivity contribution in [2.45, 2.75) is 26.8 Å². The van der Waals surface area contributed by atoms with Crippen LogP contribution < -0.4 is 5.73 Å². The van der Waals surface area contributed by atoms with Gasteiger partial charge in [0.1, 0.15) is 0 Å². The predicted octanol–water partition coefficient (Wildman–Crippen LogP) is 3.67. The van der Waals surface area contributed by atoms with E-state index in [1.54, 1.807) is 0 Å². The van der Waals surface area contributed by atoms with Crippen LogP contribution in [0.4, 0.5) is 0 Å². The molecule has 0 bridgehead atoms. The first-order valence-electron chi connectivity index (χ1n) is 6.53. The van der Waals surface area contributed by atoms with Crippen molar-refractivity contribution in [3.05, 3.63) is 41.3 Å². The molecule has 0 spiro atoms. The van der Waals surface area contributed by atoms with Crippen molar-refractivity contribution in [3.8, 4) is 11.3 Å². The number of nitrogens with zero attached hydrogens (tertiary/aromatic N) is 2. The molecule has 1 aromatic carbocycles. The second kappa shape index (κ2) is 5.76. The summed E-state index contributed by atoms with van der Waals surface area (Å²) in [5, 5.41) is 0.777. The van der Waals surface area contributed by atoms with Crippen LogP contribution in [-0.4, -0.2) is 16.1 Å². The van der Waals surface area contributed by atoms with Crippen molar-refractivity contribution in [1.29, 1.82) is 0 Å². The van der Waals surface area contributed by atoms with Gasteiger partial charge in [-0.2, -0.15) is 0 Å². The molecule has 4 heteroatoms. The number of hydrogen-bond acceptors (Lipinski definition) is 2. The molecule has 0 saturated heterocycles. The molecule has 1 aromatic heterocycles. The minimum absolute atomic E-state index is 0.248. The topological polar surface area (TPSA) is 43.8 Å². The lowest BCUT2D eigenvalue weighted by Crippen LogP contribution is -2.24. The summed E-state index contributed by atoms with van der Waals surface area (Å²) in [6.07, 6.45) is 3.71. The maximum atomic E-state index is 6.20. The van der Waals surface area contributed by atoms with Crippen LogP contribution >= 0.6 is 11.6 Å². The summed E-state index contributed by atoms with van der Waals surface area (Å²) in [5.41, 5.74) is 9.11. The third-order valence-corrected chi connectivity index (χ3v) is 3.91. The monoisotopic (exact) mass is 277 g/mol. The van der Waals surface area contributed by atoms with Gasteiger partial charge in [-0.25, -0.2) is 4.98 Å². The van der Waals surface area contributed by atoms with Crippen LogP contribution in [0.15, 0.2) is 30.7 Å². The summed E-state index contributed by atoms with van der Waals surface area (Å²) in [6.45, 7) is 6.94. The molecule has 102 valence electrons. The van der Waals surface area contributed by atoms with Gasteiger partial charge in [-0.3, -0.25) is 0 Å². The summed E-state index contributed by atoms with van der Waals surface area (Å²) in [7, 11) is 0. The van der Waals surface area contributed by atoms with Crippen LogP contribution in [0.1, 0.15) is 25.5 Å². The normalized spacial score (nSPS) is 12.9. The summed E-state index contributed by atoms with van der Waals surface area (Å²) >= 11 is 6.20. The number of aromatic nitrogens is 2. The van der Waals surface area contributed by atoms with E-state index < -0.39 is 0 Å². The molecule has 1 heterocycles. The van der Waals surface area contributed by atoms with E-state index in [9.17, 15) is 0 Å². The standard InChI is InChI=1S/C15H20ClN3/c1-10(2)14(7-17)19-9-18-8-15(19)12-5-4-11(3)13(16)6-12/h4-6,8-10,14H,7,17H2,1-3H3. The lowest BCUT2D eigenvalue weighted by atomic mass is 10.0. The van der Waals surface area contributed by atoms with E-state index in [4.69, 9.17) is 17.3 Å². The number of benzene rings is 1. The lowest BCUT2D eigenvalue weighted by molar-refractivity contribution is 0.387. The molecule has 0 radical (unpaired) electrons. The molecule has 0 aliphatic carbocycles. The maximum Gasteiger partial charge on any atom is 0.0954 e. The first-order valence-corrected chi connectivity index (χ1v) is 6.90. The Hall–Kier alpha value is -1.32. The fourth-order valence-electron chi connectivity index (χ4n) is 2.25. The average Bonchev–Trinajstić information content (AvgIpc) is 2.82. The van der Waals surface area contributed by atoms with Crippen LogP contribution in [-0.2, 0) is 0 Å². The van der Waals surface area contributed by atoms with E-state index in [1.807, 2.05) is 31.6 Å². The highest BCUT2D eigenvalue weighted by Crippen LogP contribution is 2.28. The van der Waals surface area contributed by atoms with E-state index in [1.165, 1.54) is 0 Å². The van der Waals surface area contributed by atoms with Gasteiger partial charge in [0.25, 0.3) is 0 Å². The molecule has 0 aliphatic heterocycles. The van der Waals surface area contributed by atoms with Gasteiger partial charge in [0.05, 0.1) is 18.2 Å². The van der Waals surface area contributed by atoms with Crippen molar-refractivity contribution in [2.24, 2.45) is 11.7 Å². The average molecular weight is 278 g/mol. The summed E-state index contributed by atoms with van der Waals surface area (Å²) < 4.78 is 2.14. The van der Waals surface area contributed by atoms with Crippen molar-refractivity contribution < 1.29 is 0 Å². The van der Waals surface area contributed by atoms with Crippen LogP contribution in [0.2, 0.25) is 5.02 Å². The summed E-state index contributed by atoms with van der Waals surface area (Å²) in [6, 6.07) is 6.33. The molecular formula is C15H20ClN3. The van der Waals surface area contributed by atoms with Crippen LogP contribution in [0.3, 0.4) is 0 Å². The molecule has 19 heavy (non-hydrogen) atoms. The SMILES string of the molecule is Cc1ccc(-c2cncn2C(CN)C(C)C)cc1Cl. The molecule has 1 atom stereocenters. The largest absolute Gasteiger partial charge is 0.328 e. The molecule has 0 fully saturated rings. The highest BCUT2D eigenvalue weighted by atomic mass is 35.5. The van der Waals surface area contributed by atoms with Crippen molar-refractivity contribution >= 4 is 11.6 Å². The molecule has 0 saturated carbocycles. The minimum Gasteiger partial charge on any atom is -0.328 e. The van der Waals surface area contributed by atoms with Gasteiger partial charge in [0, 0.05) is 23.2 Å². The maximum absolute atomic E-state index is 6.20. The zero-order valence-electron chi connectivity index (χ0n) is 11.6. The minimum atomic E-state index is 0.248. The van der Waals surface area contributed by atoms with Gasteiger partial charge in [0.2, 0.25) is 0 Å². The number of rotatable bonds is 4. The molecule has 3 nitrogen and oxygen atoms in total. The first kappa shape index (κ1) is 14.1. The Morgan fingerprint density at radius 3 is 2.68 bits per heavy atom. The quantitative estimate of drug-likeness (QED) is 0.927. The number of hydrogen-bond donors (Lipinski definition) is 1. The van der Waals surface area contributed by atoms with Crippen molar-refractivity contribution in [2.75, 3.05) is 6.54 Å². The third kappa shape index (κ3) is 2.82. The van der Waals surface area contributed by atoms with E-state index in [-0.39, 0.29) is 6.04 Å². The number of aryl methyl sites for hydroxylation is 1. The molecule has 2 rings (SSSR count). The van der Waals surface area contributed by atoms with E-state index >= 15 is 0 Å². The molecule has 0 amide bonds. The molecule has 2 aromatic rings. The molecular weight excluding hydrogens is 258 g/mol. The molecule has 0 aliphatic rings. The number of halogens is 1. The zero-order valence-corrected chi connectivity index (χ0v) is 12.4. The second-order valence-corrected chi connectivity index (χ2v) is 5.60. The molecule has 1 unspecified atom stereocenters. The first-order chi connectivity index (χ1) is 9.04. The van der Waals surface area contributed by atoms with Crippen molar-refractivity contribution in [1.82, 2.24) is 9.55 Å². The Morgan fingerprint density at radius 1 is 1.37 bits per heavy atom. The van der Waals surface area contributed by atoms with Gasteiger partial charge in [0.15, 0.2) is 0 Å². The predicted molar refractivity (Wildman–Crippen MR) is 80.3 cm³/mol. The Balaban J connectivity index is 2.46. The summed E-state index contributed by atoms with van der Waals surface area (Å²) in [4.78, 5) is 4.27. The summed E-state index contributed by atoms with van der Waals surface area (Å²) in [5.74, 6) is 0.457. The zero-order chi connectivity index (χ0) is 14.0. The second-order valence-electron chi connectivity index (χ2n) is 5.20. The van der Waals surface area contributed by atoms with Gasteiger partial charge < -0.3 is 10.3 Å². The Bertz CT molecular complexity index is 560. The third-order valence-electron chi connectivity index (χ3n) is 3.50. The Kier molecular flexibility index (Phi) is 4.27. The van der Waals surface area contributed by atoms with Crippen LogP contribution in [0, 0.1) is 12.8 Å².